The van der Waals surface area contributed by atoms with Gasteiger partial charge in [0.1, 0.15) is 5.82 Å². The van der Waals surface area contributed by atoms with Crippen LogP contribution in [0.2, 0.25) is 5.02 Å². The van der Waals surface area contributed by atoms with Gasteiger partial charge in [-0.1, -0.05) is 35.4 Å². The molecule has 148 valence electrons. The summed E-state index contributed by atoms with van der Waals surface area (Å²) in [5.41, 5.74) is 2.57. The number of aromatic nitrogens is 2. The maximum atomic E-state index is 14.0. The van der Waals surface area contributed by atoms with Gasteiger partial charge in [-0.3, -0.25) is 9.40 Å². The summed E-state index contributed by atoms with van der Waals surface area (Å²) < 4.78 is 44.2. The third-order valence-electron chi connectivity index (χ3n) is 4.20. The first kappa shape index (κ1) is 20.8. The van der Waals surface area contributed by atoms with E-state index in [1.165, 1.54) is 16.8 Å². The summed E-state index contributed by atoms with van der Waals surface area (Å²) in [6, 6.07) is 8.05. The molecule has 1 aromatic heterocycles. The van der Waals surface area contributed by atoms with Gasteiger partial charge in [-0.15, -0.1) is 0 Å². The van der Waals surface area contributed by atoms with E-state index >= 15 is 0 Å². The highest BCUT2D eigenvalue weighted by Crippen LogP contribution is 2.28. The molecule has 0 atom stereocenters. The van der Waals surface area contributed by atoms with Crippen molar-refractivity contribution < 1.29 is 12.8 Å². The Morgan fingerprint density at radius 3 is 2.46 bits per heavy atom. The topological polar surface area (TPSA) is 64.0 Å². The molecule has 0 radical (unpaired) electrons. The number of hydrogen-bond acceptors (Lipinski definition) is 3. The molecule has 1 N–H and O–H groups in total. The van der Waals surface area contributed by atoms with E-state index in [1.54, 1.807) is 26.1 Å². The molecule has 3 rings (SSSR count). The molecule has 9 heteroatoms. The predicted molar refractivity (Wildman–Crippen MR) is 112 cm³/mol. The van der Waals surface area contributed by atoms with Crippen LogP contribution in [0.4, 0.5) is 10.2 Å². The lowest BCUT2D eigenvalue weighted by Gasteiger charge is -2.13. The van der Waals surface area contributed by atoms with E-state index in [0.717, 1.165) is 5.56 Å². The summed E-state index contributed by atoms with van der Waals surface area (Å²) in [5, 5.41) is 4.51. The van der Waals surface area contributed by atoms with Crippen LogP contribution in [0.3, 0.4) is 0 Å². The second-order valence-corrected chi connectivity index (χ2v) is 9.44. The molecule has 0 bridgehead atoms. The zero-order chi connectivity index (χ0) is 20.6. The van der Waals surface area contributed by atoms with Gasteiger partial charge < -0.3 is 0 Å². The highest BCUT2D eigenvalue weighted by molar-refractivity contribution is 9.10. The fourth-order valence-electron chi connectivity index (χ4n) is 3.16. The quantitative estimate of drug-likeness (QED) is 0.538. The van der Waals surface area contributed by atoms with Crippen molar-refractivity contribution in [2.45, 2.75) is 32.2 Å². The van der Waals surface area contributed by atoms with Crippen molar-refractivity contribution in [2.24, 2.45) is 0 Å². The standard InChI is InChI=1S/C19H18BrClFN3O2S/c1-11-7-12(2)18(13(3)8-11)28(26,27)24-19-15(20)10-25(23-19)9-14-16(21)5-4-6-17(14)22/h4-8,10H,9H2,1-3H3,(H,23,24). The smallest absolute Gasteiger partial charge is 0.263 e. The molecular formula is C19H18BrClFN3O2S. The van der Waals surface area contributed by atoms with Gasteiger partial charge >= 0.3 is 0 Å². The van der Waals surface area contributed by atoms with Crippen molar-refractivity contribution in [2.75, 3.05) is 4.72 Å². The molecule has 0 aliphatic heterocycles. The van der Waals surface area contributed by atoms with Crippen molar-refractivity contribution in [3.8, 4) is 0 Å². The number of hydrogen-bond donors (Lipinski definition) is 1. The van der Waals surface area contributed by atoms with Crippen molar-refractivity contribution in [3.05, 3.63) is 74.1 Å². The Kier molecular flexibility index (Phi) is 5.84. The number of halogens is 3. The van der Waals surface area contributed by atoms with Crippen LogP contribution in [0.25, 0.3) is 0 Å². The fourth-order valence-corrected chi connectivity index (χ4v) is 5.40. The third kappa shape index (κ3) is 4.24. The van der Waals surface area contributed by atoms with Crippen LogP contribution in [-0.2, 0) is 16.6 Å². The largest absolute Gasteiger partial charge is 0.265 e. The van der Waals surface area contributed by atoms with E-state index in [1.807, 2.05) is 19.1 Å². The number of nitrogens with zero attached hydrogens (tertiary/aromatic N) is 2. The minimum atomic E-state index is -3.85. The van der Waals surface area contributed by atoms with Crippen LogP contribution in [0, 0.1) is 26.6 Å². The molecule has 0 fully saturated rings. The Bertz CT molecular complexity index is 1120. The second kappa shape index (κ2) is 7.85. The third-order valence-corrected chi connectivity index (χ3v) is 6.78. The van der Waals surface area contributed by atoms with Crippen LogP contribution in [-0.4, -0.2) is 18.2 Å². The highest BCUT2D eigenvalue weighted by atomic mass is 79.9. The molecule has 1 heterocycles. The van der Waals surface area contributed by atoms with Crippen LogP contribution in [0.5, 0.6) is 0 Å². The molecule has 3 aromatic rings. The summed E-state index contributed by atoms with van der Waals surface area (Å²) in [6.45, 7) is 5.48. The van der Waals surface area contributed by atoms with E-state index in [9.17, 15) is 12.8 Å². The first-order valence-electron chi connectivity index (χ1n) is 8.35. The first-order chi connectivity index (χ1) is 13.1. The number of anilines is 1. The summed E-state index contributed by atoms with van der Waals surface area (Å²) in [4.78, 5) is 0.219. The molecule has 28 heavy (non-hydrogen) atoms. The van der Waals surface area contributed by atoms with Crippen LogP contribution >= 0.6 is 27.5 Å². The average Bonchev–Trinajstić information content (AvgIpc) is 2.88. The molecule has 0 saturated heterocycles. The molecule has 2 aromatic carbocycles. The molecule has 5 nitrogen and oxygen atoms in total. The van der Waals surface area contributed by atoms with E-state index in [0.29, 0.717) is 15.6 Å². The van der Waals surface area contributed by atoms with Gasteiger partial charge in [-0.2, -0.15) is 5.10 Å². The SMILES string of the molecule is Cc1cc(C)c(S(=O)(=O)Nc2nn(Cc3c(F)cccc3Cl)cc2Br)c(C)c1. The van der Waals surface area contributed by atoms with Crippen molar-refractivity contribution in [1.82, 2.24) is 9.78 Å². The van der Waals surface area contributed by atoms with Crippen LogP contribution in [0.15, 0.2) is 45.9 Å². The summed E-state index contributed by atoms with van der Waals surface area (Å²) in [7, 11) is -3.85. The van der Waals surface area contributed by atoms with Crippen LogP contribution in [0.1, 0.15) is 22.3 Å². The van der Waals surface area contributed by atoms with Crippen LogP contribution < -0.4 is 4.72 Å². The van der Waals surface area contributed by atoms with Gasteiger partial charge in [0.05, 0.1) is 15.9 Å². The van der Waals surface area contributed by atoms with E-state index in [4.69, 9.17) is 11.6 Å². The molecule has 0 unspecified atom stereocenters. The summed E-state index contributed by atoms with van der Waals surface area (Å²) in [6.07, 6.45) is 1.56. The highest BCUT2D eigenvalue weighted by Gasteiger charge is 2.23. The Labute approximate surface area is 176 Å². The van der Waals surface area contributed by atoms with Gasteiger partial charge in [0.2, 0.25) is 0 Å². The van der Waals surface area contributed by atoms with Crippen molar-refractivity contribution in [1.29, 1.82) is 0 Å². The van der Waals surface area contributed by atoms with E-state index < -0.39 is 15.8 Å². The van der Waals surface area contributed by atoms with E-state index in [-0.39, 0.29) is 27.8 Å². The first-order valence-corrected chi connectivity index (χ1v) is 11.0. The zero-order valence-corrected chi connectivity index (χ0v) is 18.6. The number of benzene rings is 2. The Hall–Kier alpha value is -1.90. The lowest BCUT2D eigenvalue weighted by atomic mass is 10.1. The molecule has 0 spiro atoms. The molecule has 0 aliphatic rings. The van der Waals surface area contributed by atoms with Gasteiger partial charge in [-0.05, 0) is 60.0 Å². The maximum Gasteiger partial charge on any atom is 0.263 e. The van der Waals surface area contributed by atoms with Gasteiger partial charge in [-0.25, -0.2) is 12.8 Å². The van der Waals surface area contributed by atoms with Gasteiger partial charge in [0.25, 0.3) is 10.0 Å². The molecule has 0 aliphatic carbocycles. The zero-order valence-electron chi connectivity index (χ0n) is 15.4. The molecule has 0 amide bonds. The number of nitrogens with one attached hydrogen (secondary N) is 1. The predicted octanol–water partition coefficient (Wildman–Crippen LogP) is 5.21. The van der Waals surface area contributed by atoms with Crippen molar-refractivity contribution in [3.63, 3.8) is 0 Å². The minimum Gasteiger partial charge on any atom is -0.265 e. The summed E-state index contributed by atoms with van der Waals surface area (Å²) >= 11 is 9.36. The molecular weight excluding hydrogens is 469 g/mol. The lowest BCUT2D eigenvalue weighted by molar-refractivity contribution is 0.585. The lowest BCUT2D eigenvalue weighted by Crippen LogP contribution is -2.17. The monoisotopic (exact) mass is 485 g/mol. The second-order valence-electron chi connectivity index (χ2n) is 6.56. The number of aryl methyl sites for hydroxylation is 3. The molecule has 0 saturated carbocycles. The van der Waals surface area contributed by atoms with E-state index in [2.05, 4.69) is 25.8 Å². The number of sulfonamides is 1. The number of rotatable bonds is 5. The maximum absolute atomic E-state index is 14.0. The minimum absolute atomic E-state index is 0.0639. The Balaban J connectivity index is 1.92. The van der Waals surface area contributed by atoms with Gasteiger partial charge in [0, 0.05) is 16.8 Å². The summed E-state index contributed by atoms with van der Waals surface area (Å²) in [5.74, 6) is -0.334. The van der Waals surface area contributed by atoms with Crippen molar-refractivity contribution >= 4 is 43.4 Å². The Morgan fingerprint density at radius 2 is 1.86 bits per heavy atom. The Morgan fingerprint density at radius 1 is 1.21 bits per heavy atom. The average molecular weight is 487 g/mol. The normalized spacial score (nSPS) is 11.6. The fraction of sp³-hybridized carbons (Fsp3) is 0.211. The van der Waals surface area contributed by atoms with Gasteiger partial charge in [0.15, 0.2) is 5.82 Å².